The number of likely N-dealkylation sites (tertiary alicyclic amines) is 1. The number of carbonyl (C=O) groups excluding carboxylic acids is 2. The number of ether oxygens (including phenoxy) is 1. The van der Waals surface area contributed by atoms with Crippen molar-refractivity contribution in [2.45, 2.75) is 38.9 Å². The average molecular weight is 304 g/mol. The number of hydrogen-bond acceptors (Lipinski definition) is 3. The Morgan fingerprint density at radius 2 is 1.91 bits per heavy atom. The van der Waals surface area contributed by atoms with E-state index in [1.165, 1.54) is 0 Å². The Morgan fingerprint density at radius 3 is 2.50 bits per heavy atom. The van der Waals surface area contributed by atoms with E-state index in [0.717, 1.165) is 18.4 Å². The molecule has 2 N–H and O–H groups in total. The summed E-state index contributed by atoms with van der Waals surface area (Å²) in [6.45, 7) is 3.58. The van der Waals surface area contributed by atoms with Gasteiger partial charge in [0.2, 0.25) is 5.91 Å². The molecule has 0 saturated carbocycles. The van der Waals surface area contributed by atoms with Gasteiger partial charge in [0.15, 0.2) is 0 Å². The van der Waals surface area contributed by atoms with Gasteiger partial charge >= 0.3 is 0 Å². The molecule has 0 aromatic heterocycles. The third-order valence-electron chi connectivity index (χ3n) is 4.11. The van der Waals surface area contributed by atoms with E-state index < -0.39 is 6.10 Å². The van der Waals surface area contributed by atoms with Crippen LogP contribution in [0.5, 0.6) is 0 Å². The minimum absolute atomic E-state index is 0.0217. The standard InChI is InChI=1S/C17H24N2O3/c1-13(22-12-15-5-3-2-4-6-15)17(21)19-9-7-14(8-10-19)11-16(18)20/h2-6,13-14H,7-12H2,1H3,(H2,18,20)/t13-/m1/s1. The fourth-order valence-electron chi connectivity index (χ4n) is 2.77. The number of carbonyl (C=O) groups is 2. The van der Waals surface area contributed by atoms with Gasteiger partial charge in [-0.15, -0.1) is 0 Å². The normalized spacial score (nSPS) is 17.2. The zero-order valence-electron chi connectivity index (χ0n) is 13.0. The van der Waals surface area contributed by atoms with Gasteiger partial charge in [0.05, 0.1) is 6.61 Å². The molecule has 2 rings (SSSR count). The van der Waals surface area contributed by atoms with Crippen molar-refractivity contribution in [2.75, 3.05) is 13.1 Å². The molecule has 1 saturated heterocycles. The Morgan fingerprint density at radius 1 is 1.27 bits per heavy atom. The summed E-state index contributed by atoms with van der Waals surface area (Å²) >= 11 is 0. The summed E-state index contributed by atoms with van der Waals surface area (Å²) in [5.74, 6) is 0.0693. The topological polar surface area (TPSA) is 72.6 Å². The molecule has 1 aromatic rings. The highest BCUT2D eigenvalue weighted by Gasteiger charge is 2.27. The van der Waals surface area contributed by atoms with Crippen LogP contribution >= 0.6 is 0 Å². The third kappa shape index (κ3) is 4.84. The fourth-order valence-corrected chi connectivity index (χ4v) is 2.77. The smallest absolute Gasteiger partial charge is 0.251 e. The number of nitrogens with two attached hydrogens (primary N) is 1. The monoisotopic (exact) mass is 304 g/mol. The molecule has 5 nitrogen and oxygen atoms in total. The van der Waals surface area contributed by atoms with Gasteiger partial charge in [-0.2, -0.15) is 0 Å². The molecule has 0 aliphatic carbocycles. The lowest BCUT2D eigenvalue weighted by atomic mass is 9.93. The lowest BCUT2D eigenvalue weighted by molar-refractivity contribution is -0.144. The van der Waals surface area contributed by atoms with Crippen molar-refractivity contribution in [1.29, 1.82) is 0 Å². The van der Waals surface area contributed by atoms with Crippen molar-refractivity contribution < 1.29 is 14.3 Å². The van der Waals surface area contributed by atoms with Crippen molar-refractivity contribution in [3.05, 3.63) is 35.9 Å². The van der Waals surface area contributed by atoms with Gasteiger partial charge in [-0.1, -0.05) is 30.3 Å². The maximum Gasteiger partial charge on any atom is 0.251 e. The molecule has 22 heavy (non-hydrogen) atoms. The van der Waals surface area contributed by atoms with E-state index >= 15 is 0 Å². The summed E-state index contributed by atoms with van der Waals surface area (Å²) in [5.41, 5.74) is 6.28. The van der Waals surface area contributed by atoms with Crippen LogP contribution in [-0.4, -0.2) is 35.9 Å². The minimum atomic E-state index is -0.451. The number of rotatable bonds is 6. The van der Waals surface area contributed by atoms with Crippen LogP contribution in [0.2, 0.25) is 0 Å². The first-order valence-corrected chi connectivity index (χ1v) is 7.79. The van der Waals surface area contributed by atoms with Crippen LogP contribution < -0.4 is 5.73 Å². The van der Waals surface area contributed by atoms with E-state index in [1.54, 1.807) is 6.92 Å². The van der Waals surface area contributed by atoms with Gasteiger partial charge in [-0.25, -0.2) is 0 Å². The molecule has 1 aliphatic heterocycles. The number of primary amides is 1. The van der Waals surface area contributed by atoms with Gasteiger partial charge < -0.3 is 15.4 Å². The average Bonchev–Trinajstić information content (AvgIpc) is 2.53. The molecule has 1 heterocycles. The van der Waals surface area contributed by atoms with E-state index in [9.17, 15) is 9.59 Å². The van der Waals surface area contributed by atoms with Crippen molar-refractivity contribution in [2.24, 2.45) is 11.7 Å². The maximum absolute atomic E-state index is 12.4. The molecule has 1 aromatic carbocycles. The first-order chi connectivity index (χ1) is 10.6. The zero-order valence-corrected chi connectivity index (χ0v) is 13.0. The van der Waals surface area contributed by atoms with Crippen molar-refractivity contribution in [3.8, 4) is 0 Å². The molecule has 1 atom stereocenters. The Balaban J connectivity index is 1.76. The molecule has 2 amide bonds. The predicted octanol–water partition coefficient (Wildman–Crippen LogP) is 1.71. The second kappa shape index (κ2) is 7.94. The summed E-state index contributed by atoms with van der Waals surface area (Å²) in [7, 11) is 0. The lowest BCUT2D eigenvalue weighted by Crippen LogP contribution is -2.44. The minimum Gasteiger partial charge on any atom is -0.370 e. The van der Waals surface area contributed by atoms with Gasteiger partial charge in [-0.3, -0.25) is 9.59 Å². The van der Waals surface area contributed by atoms with Crippen LogP contribution in [0.4, 0.5) is 0 Å². The number of hydrogen-bond donors (Lipinski definition) is 1. The van der Waals surface area contributed by atoms with Gasteiger partial charge in [0.25, 0.3) is 5.91 Å². The van der Waals surface area contributed by atoms with Crippen LogP contribution in [0, 0.1) is 5.92 Å². The zero-order chi connectivity index (χ0) is 15.9. The highest BCUT2D eigenvalue weighted by atomic mass is 16.5. The molecule has 0 radical (unpaired) electrons. The third-order valence-corrected chi connectivity index (χ3v) is 4.11. The first-order valence-electron chi connectivity index (χ1n) is 7.79. The summed E-state index contributed by atoms with van der Waals surface area (Å²) in [4.78, 5) is 25.1. The molecule has 1 fully saturated rings. The fraction of sp³-hybridized carbons (Fsp3) is 0.529. The second-order valence-electron chi connectivity index (χ2n) is 5.88. The quantitative estimate of drug-likeness (QED) is 0.869. The van der Waals surface area contributed by atoms with Crippen LogP contribution in [0.15, 0.2) is 30.3 Å². The SMILES string of the molecule is C[C@@H](OCc1ccccc1)C(=O)N1CCC(CC(N)=O)CC1. The van der Waals surface area contributed by atoms with Crippen molar-refractivity contribution in [3.63, 3.8) is 0 Å². The molecule has 0 unspecified atom stereocenters. The van der Waals surface area contributed by atoms with Crippen LogP contribution in [0.3, 0.4) is 0 Å². The molecule has 120 valence electrons. The number of amides is 2. The number of nitrogens with zero attached hydrogens (tertiary/aromatic N) is 1. The summed E-state index contributed by atoms with van der Waals surface area (Å²) in [6.07, 6.45) is 1.63. The number of benzene rings is 1. The molecular weight excluding hydrogens is 280 g/mol. The van der Waals surface area contributed by atoms with Crippen LogP contribution in [0.1, 0.15) is 31.7 Å². The summed E-state index contributed by atoms with van der Waals surface area (Å²) < 4.78 is 5.67. The van der Waals surface area contributed by atoms with E-state index in [4.69, 9.17) is 10.5 Å². The Bertz CT molecular complexity index is 496. The van der Waals surface area contributed by atoms with E-state index in [2.05, 4.69) is 0 Å². The Kier molecular flexibility index (Phi) is 5.95. The summed E-state index contributed by atoms with van der Waals surface area (Å²) in [5, 5.41) is 0. The van der Waals surface area contributed by atoms with Gasteiger partial charge in [0, 0.05) is 19.5 Å². The highest BCUT2D eigenvalue weighted by Crippen LogP contribution is 2.21. The van der Waals surface area contributed by atoms with E-state index in [-0.39, 0.29) is 11.8 Å². The first kappa shape index (κ1) is 16.5. The van der Waals surface area contributed by atoms with Crippen molar-refractivity contribution >= 4 is 11.8 Å². The Hall–Kier alpha value is -1.88. The predicted molar refractivity (Wildman–Crippen MR) is 83.8 cm³/mol. The van der Waals surface area contributed by atoms with E-state index in [0.29, 0.717) is 32.0 Å². The summed E-state index contributed by atoms with van der Waals surface area (Å²) in [6, 6.07) is 9.82. The van der Waals surface area contributed by atoms with Crippen molar-refractivity contribution in [1.82, 2.24) is 4.90 Å². The highest BCUT2D eigenvalue weighted by molar-refractivity contribution is 5.80. The van der Waals surface area contributed by atoms with E-state index in [1.807, 2.05) is 35.2 Å². The molecule has 5 heteroatoms. The van der Waals surface area contributed by atoms with Gasteiger partial charge in [0.1, 0.15) is 6.10 Å². The molecule has 1 aliphatic rings. The molecule has 0 bridgehead atoms. The lowest BCUT2D eigenvalue weighted by Gasteiger charge is -2.33. The van der Waals surface area contributed by atoms with Gasteiger partial charge in [-0.05, 0) is 31.2 Å². The second-order valence-corrected chi connectivity index (χ2v) is 5.88. The number of piperidine rings is 1. The Labute approximate surface area is 131 Å². The maximum atomic E-state index is 12.4. The van der Waals surface area contributed by atoms with Crippen LogP contribution in [-0.2, 0) is 20.9 Å². The molecular formula is C17H24N2O3. The van der Waals surface area contributed by atoms with Crippen LogP contribution in [0.25, 0.3) is 0 Å². The molecule has 0 spiro atoms. The largest absolute Gasteiger partial charge is 0.370 e.